The minimum Gasteiger partial charge on any atom is -0.508 e. The van der Waals surface area contributed by atoms with E-state index in [-0.39, 0.29) is 17.4 Å². The highest BCUT2D eigenvalue weighted by atomic mass is 16.5. The SMILES string of the molecule is CCCCC/C=C\C/C=C\C/C=C\C/C=C\CCCC(=O)N1c2ccc(O)cc2Oc2cc(O)ccc21. The van der Waals surface area contributed by atoms with Crippen molar-refractivity contribution in [3.63, 3.8) is 0 Å². The molecule has 0 unspecified atom stereocenters. The van der Waals surface area contributed by atoms with Crippen LogP contribution < -0.4 is 9.64 Å². The second kappa shape index (κ2) is 15.4. The second-order valence-electron chi connectivity index (χ2n) is 9.12. The van der Waals surface area contributed by atoms with E-state index in [1.165, 1.54) is 49.9 Å². The van der Waals surface area contributed by atoms with Gasteiger partial charge in [-0.15, -0.1) is 0 Å². The van der Waals surface area contributed by atoms with E-state index in [1.807, 2.05) is 0 Å². The van der Waals surface area contributed by atoms with Gasteiger partial charge in [0.2, 0.25) is 5.91 Å². The molecule has 1 heterocycles. The Labute approximate surface area is 221 Å². The summed E-state index contributed by atoms with van der Waals surface area (Å²) in [4.78, 5) is 14.8. The van der Waals surface area contributed by atoms with Gasteiger partial charge in [-0.25, -0.2) is 0 Å². The van der Waals surface area contributed by atoms with Gasteiger partial charge >= 0.3 is 0 Å². The number of hydrogen-bond donors (Lipinski definition) is 2. The van der Waals surface area contributed by atoms with Gasteiger partial charge in [0.25, 0.3) is 0 Å². The van der Waals surface area contributed by atoms with Gasteiger partial charge in [0.05, 0.1) is 11.4 Å². The molecule has 0 atom stereocenters. The standard InChI is InChI=1S/C32H39NO4/c1-2-3-4-5-6-7-8-9-10-11-12-13-14-15-16-17-18-19-32(36)33-28-22-20-26(34)24-30(28)37-31-25-27(35)21-23-29(31)33/h6-7,9-10,12-13,15-16,20-25,34-35H,2-5,8,11,14,17-19H2,1H3/b7-6-,10-9-,13-12-,16-15-. The van der Waals surface area contributed by atoms with Crippen LogP contribution in [0, 0.1) is 0 Å². The second-order valence-corrected chi connectivity index (χ2v) is 9.12. The number of allylic oxidation sites excluding steroid dienone is 8. The highest BCUT2D eigenvalue weighted by Gasteiger charge is 2.29. The number of carbonyl (C=O) groups is 1. The molecule has 1 aliphatic heterocycles. The van der Waals surface area contributed by atoms with Crippen LogP contribution in [0.3, 0.4) is 0 Å². The molecule has 0 fully saturated rings. The average Bonchev–Trinajstić information content (AvgIpc) is 2.88. The molecule has 0 aliphatic carbocycles. The van der Waals surface area contributed by atoms with Crippen LogP contribution in [0.5, 0.6) is 23.0 Å². The predicted octanol–water partition coefficient (Wildman–Crippen LogP) is 9.01. The fraction of sp³-hybridized carbons (Fsp3) is 0.344. The van der Waals surface area contributed by atoms with Crippen LogP contribution in [0.2, 0.25) is 0 Å². The lowest BCUT2D eigenvalue weighted by Gasteiger charge is -2.31. The molecular formula is C32H39NO4. The van der Waals surface area contributed by atoms with Crippen molar-refractivity contribution in [2.24, 2.45) is 0 Å². The van der Waals surface area contributed by atoms with Crippen molar-refractivity contribution in [1.29, 1.82) is 0 Å². The first-order valence-electron chi connectivity index (χ1n) is 13.4. The molecule has 0 bridgehead atoms. The van der Waals surface area contributed by atoms with Gasteiger partial charge < -0.3 is 14.9 Å². The Kier molecular flexibility index (Phi) is 11.6. The van der Waals surface area contributed by atoms with Crippen LogP contribution in [-0.2, 0) is 4.79 Å². The number of aromatic hydroxyl groups is 2. The Morgan fingerprint density at radius 2 is 1.22 bits per heavy atom. The molecular weight excluding hydrogens is 462 g/mol. The normalized spacial score (nSPS) is 13.1. The molecule has 0 spiro atoms. The lowest BCUT2D eigenvalue weighted by molar-refractivity contribution is -0.118. The zero-order chi connectivity index (χ0) is 26.3. The fourth-order valence-corrected chi connectivity index (χ4v) is 4.10. The lowest BCUT2D eigenvalue weighted by atomic mass is 10.1. The molecule has 0 saturated heterocycles. The summed E-state index contributed by atoms with van der Waals surface area (Å²) in [6.07, 6.45) is 27.4. The Morgan fingerprint density at radius 1 is 0.730 bits per heavy atom. The highest BCUT2D eigenvalue weighted by Crippen LogP contribution is 2.49. The molecule has 0 radical (unpaired) electrons. The molecule has 2 N–H and O–H groups in total. The number of nitrogens with zero attached hydrogens (tertiary/aromatic N) is 1. The van der Waals surface area contributed by atoms with Crippen LogP contribution >= 0.6 is 0 Å². The van der Waals surface area contributed by atoms with Gasteiger partial charge in [-0.1, -0.05) is 68.4 Å². The first-order chi connectivity index (χ1) is 18.1. The summed E-state index contributed by atoms with van der Waals surface area (Å²) in [5.41, 5.74) is 1.16. The minimum absolute atomic E-state index is 0.0512. The van der Waals surface area contributed by atoms with Crippen molar-refractivity contribution in [2.45, 2.75) is 71.1 Å². The van der Waals surface area contributed by atoms with Gasteiger partial charge in [0.15, 0.2) is 11.5 Å². The van der Waals surface area contributed by atoms with E-state index < -0.39 is 0 Å². The van der Waals surface area contributed by atoms with Gasteiger partial charge in [-0.3, -0.25) is 9.69 Å². The quantitative estimate of drug-likeness (QED) is 0.200. The lowest BCUT2D eigenvalue weighted by Crippen LogP contribution is -2.28. The number of unbranched alkanes of at least 4 members (excludes halogenated alkanes) is 4. The van der Waals surface area contributed by atoms with Gasteiger partial charge in [-0.05, 0) is 69.2 Å². The van der Waals surface area contributed by atoms with E-state index in [2.05, 4.69) is 55.5 Å². The first kappa shape index (κ1) is 27.9. The molecule has 0 saturated carbocycles. The average molecular weight is 502 g/mol. The molecule has 1 aliphatic rings. The zero-order valence-corrected chi connectivity index (χ0v) is 21.8. The topological polar surface area (TPSA) is 70.0 Å². The van der Waals surface area contributed by atoms with E-state index in [1.54, 1.807) is 17.0 Å². The maximum Gasteiger partial charge on any atom is 0.231 e. The summed E-state index contributed by atoms with van der Waals surface area (Å²) in [6, 6.07) is 9.36. The molecule has 0 aromatic heterocycles. The Balaban J connectivity index is 1.38. The van der Waals surface area contributed by atoms with Crippen LogP contribution in [0.4, 0.5) is 11.4 Å². The molecule has 5 heteroatoms. The molecule has 37 heavy (non-hydrogen) atoms. The van der Waals surface area contributed by atoms with Crippen LogP contribution in [0.1, 0.15) is 71.1 Å². The summed E-state index contributed by atoms with van der Waals surface area (Å²) < 4.78 is 5.82. The van der Waals surface area contributed by atoms with E-state index in [0.717, 1.165) is 32.1 Å². The van der Waals surface area contributed by atoms with Gasteiger partial charge in [0, 0.05) is 18.6 Å². The van der Waals surface area contributed by atoms with E-state index in [9.17, 15) is 15.0 Å². The van der Waals surface area contributed by atoms with Crippen LogP contribution in [0.25, 0.3) is 0 Å². The molecule has 3 rings (SSSR count). The number of fused-ring (bicyclic) bond motifs is 2. The number of ether oxygens (including phenoxy) is 1. The zero-order valence-electron chi connectivity index (χ0n) is 21.8. The minimum atomic E-state index is -0.0573. The summed E-state index contributed by atoms with van der Waals surface area (Å²) in [6.45, 7) is 2.23. The summed E-state index contributed by atoms with van der Waals surface area (Å²) in [7, 11) is 0. The highest BCUT2D eigenvalue weighted by molar-refractivity contribution is 6.04. The fourth-order valence-electron chi connectivity index (χ4n) is 4.10. The molecule has 196 valence electrons. The molecule has 2 aromatic rings. The monoisotopic (exact) mass is 501 g/mol. The van der Waals surface area contributed by atoms with E-state index >= 15 is 0 Å². The summed E-state index contributed by atoms with van der Waals surface area (Å²) in [5, 5.41) is 19.7. The van der Waals surface area contributed by atoms with Gasteiger partial charge in [0.1, 0.15) is 11.5 Å². The van der Waals surface area contributed by atoms with Crippen molar-refractivity contribution in [1.82, 2.24) is 0 Å². The number of amides is 1. The number of phenolic OH excluding ortho intramolecular Hbond substituents is 2. The number of hydrogen-bond acceptors (Lipinski definition) is 4. The van der Waals surface area contributed by atoms with Gasteiger partial charge in [-0.2, -0.15) is 0 Å². The Morgan fingerprint density at radius 3 is 1.73 bits per heavy atom. The number of anilines is 2. The van der Waals surface area contributed by atoms with Crippen molar-refractivity contribution >= 4 is 17.3 Å². The number of benzene rings is 2. The third-order valence-corrected chi connectivity index (χ3v) is 6.06. The third-order valence-electron chi connectivity index (χ3n) is 6.06. The number of phenols is 2. The molecule has 1 amide bonds. The van der Waals surface area contributed by atoms with Crippen LogP contribution in [0.15, 0.2) is 85.0 Å². The van der Waals surface area contributed by atoms with Crippen molar-refractivity contribution in [2.75, 3.05) is 4.90 Å². The predicted molar refractivity (Wildman–Crippen MR) is 152 cm³/mol. The maximum absolute atomic E-state index is 13.2. The summed E-state index contributed by atoms with van der Waals surface area (Å²) >= 11 is 0. The molecule has 5 nitrogen and oxygen atoms in total. The maximum atomic E-state index is 13.2. The van der Waals surface area contributed by atoms with Crippen molar-refractivity contribution in [3.05, 3.63) is 85.0 Å². The summed E-state index contributed by atoms with van der Waals surface area (Å²) in [5.74, 6) is 0.808. The number of rotatable bonds is 14. The largest absolute Gasteiger partial charge is 0.508 e. The smallest absolute Gasteiger partial charge is 0.231 e. The Hall–Kier alpha value is -3.73. The molecule has 2 aromatic carbocycles. The third kappa shape index (κ3) is 9.02. The Bertz CT molecular complexity index is 1080. The van der Waals surface area contributed by atoms with Crippen LogP contribution in [-0.4, -0.2) is 16.1 Å². The van der Waals surface area contributed by atoms with Crippen molar-refractivity contribution in [3.8, 4) is 23.0 Å². The van der Waals surface area contributed by atoms with E-state index in [4.69, 9.17) is 4.74 Å². The number of carbonyl (C=O) groups excluding carboxylic acids is 1. The van der Waals surface area contributed by atoms with E-state index in [0.29, 0.717) is 29.3 Å². The van der Waals surface area contributed by atoms with Crippen molar-refractivity contribution < 1.29 is 19.7 Å². The first-order valence-corrected chi connectivity index (χ1v) is 13.4.